The summed E-state index contributed by atoms with van der Waals surface area (Å²) in [6.07, 6.45) is 0.552. The van der Waals surface area contributed by atoms with E-state index in [1.165, 1.54) is 19.2 Å². The number of anilines is 1. The van der Waals surface area contributed by atoms with Gasteiger partial charge in [-0.15, -0.1) is 0 Å². The van der Waals surface area contributed by atoms with Gasteiger partial charge in [0.15, 0.2) is 0 Å². The zero-order valence-corrected chi connectivity index (χ0v) is 14.0. The Bertz CT molecular complexity index is 752. The molecule has 0 spiro atoms. The van der Waals surface area contributed by atoms with E-state index in [0.29, 0.717) is 23.6 Å². The topological polar surface area (TPSA) is 71.6 Å². The lowest BCUT2D eigenvalue weighted by Crippen LogP contribution is -2.39. The lowest BCUT2D eigenvalue weighted by Gasteiger charge is -2.14. The van der Waals surface area contributed by atoms with Gasteiger partial charge in [0.25, 0.3) is 0 Å². The van der Waals surface area contributed by atoms with Gasteiger partial charge >= 0.3 is 0 Å². The number of amides is 1. The summed E-state index contributed by atoms with van der Waals surface area (Å²) in [5, 5.41) is 2.85. The molecule has 0 bridgehead atoms. The van der Waals surface area contributed by atoms with Gasteiger partial charge in [0.1, 0.15) is 23.4 Å². The summed E-state index contributed by atoms with van der Waals surface area (Å²) >= 11 is 0. The molecule has 7 heteroatoms. The van der Waals surface area contributed by atoms with Crippen LogP contribution in [0.15, 0.2) is 42.5 Å². The van der Waals surface area contributed by atoms with Crippen molar-refractivity contribution >= 4 is 11.6 Å². The minimum Gasteiger partial charge on any atom is -0.497 e. The zero-order chi connectivity index (χ0) is 17.8. The second-order valence-electron chi connectivity index (χ2n) is 5.74. The number of hydrogen-bond donors (Lipinski definition) is 3. The number of halogens is 1. The number of carbonyl (C=O) groups excluding carboxylic acids is 1. The van der Waals surface area contributed by atoms with Crippen LogP contribution in [0.5, 0.6) is 11.5 Å². The van der Waals surface area contributed by atoms with E-state index in [4.69, 9.17) is 9.47 Å². The molecule has 0 aromatic heterocycles. The molecule has 6 nitrogen and oxygen atoms in total. The number of nitrogens with one attached hydrogen (secondary N) is 3. The van der Waals surface area contributed by atoms with Crippen LogP contribution < -0.4 is 25.6 Å². The van der Waals surface area contributed by atoms with Crippen molar-refractivity contribution < 1.29 is 18.7 Å². The van der Waals surface area contributed by atoms with E-state index in [9.17, 15) is 9.18 Å². The average Bonchev–Trinajstić information content (AvgIpc) is 3.13. The lowest BCUT2D eigenvalue weighted by atomic mass is 10.0. The maximum atomic E-state index is 13.0. The van der Waals surface area contributed by atoms with Gasteiger partial charge in [-0.3, -0.25) is 4.79 Å². The molecule has 1 aliphatic rings. The molecular weight excluding hydrogens is 325 g/mol. The number of hydrogen-bond acceptors (Lipinski definition) is 5. The number of hydrazine groups is 1. The summed E-state index contributed by atoms with van der Waals surface area (Å²) in [5.74, 6) is 0.705. The van der Waals surface area contributed by atoms with Crippen molar-refractivity contribution in [2.45, 2.75) is 18.5 Å². The first-order chi connectivity index (χ1) is 12.1. The van der Waals surface area contributed by atoms with E-state index < -0.39 is 6.04 Å². The van der Waals surface area contributed by atoms with Crippen LogP contribution >= 0.6 is 0 Å². The van der Waals surface area contributed by atoms with Crippen LogP contribution in [0.3, 0.4) is 0 Å². The van der Waals surface area contributed by atoms with Gasteiger partial charge in [-0.1, -0.05) is 12.1 Å². The van der Waals surface area contributed by atoms with Gasteiger partial charge in [-0.25, -0.2) is 15.2 Å². The highest BCUT2D eigenvalue weighted by molar-refractivity contribution is 5.96. The molecule has 3 N–H and O–H groups in total. The Balaban J connectivity index is 1.65. The highest BCUT2D eigenvalue weighted by Gasteiger charge is 2.30. The largest absolute Gasteiger partial charge is 0.497 e. The molecule has 0 radical (unpaired) electrons. The maximum absolute atomic E-state index is 13.0. The molecule has 1 aliphatic heterocycles. The Kier molecular flexibility index (Phi) is 5.16. The predicted octanol–water partition coefficient (Wildman–Crippen LogP) is 2.39. The Hall–Kier alpha value is -2.64. The van der Waals surface area contributed by atoms with Gasteiger partial charge in [-0.2, -0.15) is 0 Å². The van der Waals surface area contributed by atoms with Crippen LogP contribution in [0.4, 0.5) is 10.1 Å². The summed E-state index contributed by atoms with van der Waals surface area (Å²) in [4.78, 5) is 12.5. The van der Waals surface area contributed by atoms with Crippen LogP contribution in [-0.2, 0) is 4.79 Å². The van der Waals surface area contributed by atoms with Crippen molar-refractivity contribution in [3.8, 4) is 11.5 Å². The summed E-state index contributed by atoms with van der Waals surface area (Å²) < 4.78 is 23.5. The van der Waals surface area contributed by atoms with Crippen molar-refractivity contribution in [3.63, 3.8) is 0 Å². The fourth-order valence-corrected chi connectivity index (χ4v) is 2.76. The summed E-state index contributed by atoms with van der Waals surface area (Å²) in [6.45, 7) is 0. The highest BCUT2D eigenvalue weighted by Crippen LogP contribution is 2.30. The SMILES string of the molecule is COc1ccc(NC(=O)C2CC(c3ccc(F)cc3)NN2)c(OC)c1. The van der Waals surface area contributed by atoms with E-state index in [0.717, 1.165) is 5.56 Å². The standard InChI is InChI=1S/C18H20FN3O3/c1-24-13-7-8-14(17(9-13)25-2)20-18(23)16-10-15(21-22-16)11-3-5-12(19)6-4-11/h3-9,15-16,21-22H,10H2,1-2H3,(H,20,23). The van der Waals surface area contributed by atoms with Gasteiger partial charge in [0.2, 0.25) is 5.91 Å². The smallest absolute Gasteiger partial charge is 0.243 e. The van der Waals surface area contributed by atoms with Gasteiger partial charge in [-0.05, 0) is 36.2 Å². The summed E-state index contributed by atoms with van der Waals surface area (Å²) in [7, 11) is 3.10. The average molecular weight is 345 g/mol. The highest BCUT2D eigenvalue weighted by atomic mass is 19.1. The predicted molar refractivity (Wildman–Crippen MR) is 92.0 cm³/mol. The van der Waals surface area contributed by atoms with Crippen molar-refractivity contribution in [2.75, 3.05) is 19.5 Å². The molecular formula is C18H20FN3O3. The molecule has 0 saturated carbocycles. The van der Waals surface area contributed by atoms with E-state index in [-0.39, 0.29) is 17.8 Å². The molecule has 3 rings (SSSR count). The Morgan fingerprint density at radius 1 is 1.12 bits per heavy atom. The molecule has 25 heavy (non-hydrogen) atoms. The Morgan fingerprint density at radius 2 is 1.88 bits per heavy atom. The van der Waals surface area contributed by atoms with Gasteiger partial charge in [0, 0.05) is 12.1 Å². The van der Waals surface area contributed by atoms with E-state index >= 15 is 0 Å². The van der Waals surface area contributed by atoms with Crippen LogP contribution in [0.1, 0.15) is 18.0 Å². The third kappa shape index (κ3) is 3.89. The Labute approximate surface area is 145 Å². The molecule has 1 amide bonds. The van der Waals surface area contributed by atoms with Crippen molar-refractivity contribution in [1.29, 1.82) is 0 Å². The summed E-state index contributed by atoms with van der Waals surface area (Å²) in [6, 6.07) is 10.9. The molecule has 1 heterocycles. The van der Waals surface area contributed by atoms with Gasteiger partial charge < -0.3 is 14.8 Å². The fourth-order valence-electron chi connectivity index (χ4n) is 2.76. The number of ether oxygens (including phenoxy) is 2. The molecule has 2 unspecified atom stereocenters. The number of benzene rings is 2. The van der Waals surface area contributed by atoms with Crippen molar-refractivity contribution in [1.82, 2.24) is 10.9 Å². The molecule has 132 valence electrons. The quantitative estimate of drug-likeness (QED) is 0.776. The number of carbonyl (C=O) groups is 1. The first kappa shape index (κ1) is 17.2. The molecule has 1 saturated heterocycles. The van der Waals surface area contributed by atoms with Crippen LogP contribution in [0.2, 0.25) is 0 Å². The molecule has 2 aromatic rings. The molecule has 2 atom stereocenters. The third-order valence-corrected chi connectivity index (χ3v) is 4.16. The van der Waals surface area contributed by atoms with Crippen molar-refractivity contribution in [2.24, 2.45) is 0 Å². The first-order valence-electron chi connectivity index (χ1n) is 7.90. The minimum atomic E-state index is -0.415. The first-order valence-corrected chi connectivity index (χ1v) is 7.90. The van der Waals surface area contributed by atoms with Crippen LogP contribution in [0, 0.1) is 5.82 Å². The van der Waals surface area contributed by atoms with E-state index in [1.807, 2.05) is 0 Å². The van der Waals surface area contributed by atoms with E-state index in [1.54, 1.807) is 37.4 Å². The number of rotatable bonds is 5. The Morgan fingerprint density at radius 3 is 2.56 bits per heavy atom. The normalized spacial score (nSPS) is 19.5. The fraction of sp³-hybridized carbons (Fsp3) is 0.278. The van der Waals surface area contributed by atoms with Crippen LogP contribution in [0.25, 0.3) is 0 Å². The van der Waals surface area contributed by atoms with Crippen molar-refractivity contribution in [3.05, 3.63) is 53.8 Å². The third-order valence-electron chi connectivity index (χ3n) is 4.16. The number of methoxy groups -OCH3 is 2. The molecule has 2 aromatic carbocycles. The van der Waals surface area contributed by atoms with Gasteiger partial charge in [0.05, 0.1) is 19.9 Å². The second kappa shape index (κ2) is 7.50. The zero-order valence-electron chi connectivity index (χ0n) is 14.0. The molecule has 1 fully saturated rings. The van der Waals surface area contributed by atoms with Crippen LogP contribution in [-0.4, -0.2) is 26.2 Å². The second-order valence-corrected chi connectivity index (χ2v) is 5.74. The van der Waals surface area contributed by atoms with E-state index in [2.05, 4.69) is 16.2 Å². The monoisotopic (exact) mass is 345 g/mol. The lowest BCUT2D eigenvalue weighted by molar-refractivity contribution is -0.117. The minimum absolute atomic E-state index is 0.0610. The maximum Gasteiger partial charge on any atom is 0.243 e. The summed E-state index contributed by atoms with van der Waals surface area (Å²) in [5.41, 5.74) is 7.54. The molecule has 0 aliphatic carbocycles.